The minimum atomic E-state index is 0. The molecule has 1 saturated heterocycles. The highest BCUT2D eigenvalue weighted by molar-refractivity contribution is 5.85. The molecule has 2 aliphatic rings. The first kappa shape index (κ1) is 23.9. The lowest BCUT2D eigenvalue weighted by Gasteiger charge is -2.26. The number of nitrogens with zero attached hydrogens (tertiary/aromatic N) is 5. The van der Waals surface area contributed by atoms with Crippen LogP contribution in [0.5, 0.6) is 5.75 Å². The molecular formula is C25H28ClN7O. The molecule has 0 bridgehead atoms. The molecule has 176 valence electrons. The fraction of sp³-hybridized carbons (Fsp3) is 0.360. The molecule has 5 rings (SSSR count). The lowest BCUT2D eigenvalue weighted by molar-refractivity contribution is 0.191. The number of anilines is 2. The van der Waals surface area contributed by atoms with Gasteiger partial charge in [-0.15, -0.1) is 12.4 Å². The predicted molar refractivity (Wildman–Crippen MR) is 134 cm³/mol. The third-order valence-electron chi connectivity index (χ3n) is 5.94. The van der Waals surface area contributed by atoms with E-state index in [4.69, 9.17) is 15.0 Å². The van der Waals surface area contributed by atoms with Crippen molar-refractivity contribution in [3.05, 3.63) is 60.0 Å². The summed E-state index contributed by atoms with van der Waals surface area (Å²) >= 11 is 0. The van der Waals surface area contributed by atoms with Gasteiger partial charge >= 0.3 is 0 Å². The molecule has 1 aliphatic heterocycles. The van der Waals surface area contributed by atoms with Crippen LogP contribution in [0.25, 0.3) is 11.3 Å². The maximum atomic E-state index is 9.16. The number of rotatable bonds is 8. The van der Waals surface area contributed by atoms with Gasteiger partial charge in [-0.2, -0.15) is 5.26 Å². The van der Waals surface area contributed by atoms with Gasteiger partial charge in [0.25, 0.3) is 0 Å². The van der Waals surface area contributed by atoms with E-state index in [-0.39, 0.29) is 12.4 Å². The standard InChI is InChI=1S/C25H27N7O.ClH/c26-15-18-3-4-29-24(11-18)31-25-14-20(19-1-2-19)13-23(30-25)21-12-22(17-28-16-21)33-10-9-32-7-5-27-6-8-32;/h3-4,11-14,16-17,19,27H,1-2,5-10H2,(H,29,30,31);1H. The minimum Gasteiger partial charge on any atom is -0.491 e. The number of pyridine rings is 3. The van der Waals surface area contributed by atoms with Crippen LogP contribution in [-0.2, 0) is 0 Å². The number of nitrogens with one attached hydrogen (secondary N) is 2. The van der Waals surface area contributed by atoms with Gasteiger partial charge in [0.05, 0.1) is 23.5 Å². The Morgan fingerprint density at radius 3 is 2.76 bits per heavy atom. The van der Waals surface area contributed by atoms with E-state index in [1.165, 1.54) is 18.4 Å². The van der Waals surface area contributed by atoms with Crippen molar-refractivity contribution in [1.29, 1.82) is 5.26 Å². The first-order valence-electron chi connectivity index (χ1n) is 11.4. The fourth-order valence-electron chi connectivity index (χ4n) is 3.98. The lowest BCUT2D eigenvalue weighted by Crippen LogP contribution is -2.44. The second kappa shape index (κ2) is 11.3. The van der Waals surface area contributed by atoms with E-state index in [0.717, 1.165) is 49.7 Å². The summed E-state index contributed by atoms with van der Waals surface area (Å²) in [7, 11) is 0. The maximum Gasteiger partial charge on any atom is 0.138 e. The van der Waals surface area contributed by atoms with Crippen LogP contribution in [0.1, 0.15) is 29.9 Å². The summed E-state index contributed by atoms with van der Waals surface area (Å²) in [6.07, 6.45) is 7.58. The second-order valence-corrected chi connectivity index (χ2v) is 8.46. The number of nitriles is 1. The van der Waals surface area contributed by atoms with Crippen LogP contribution in [0.4, 0.5) is 11.6 Å². The van der Waals surface area contributed by atoms with Crippen LogP contribution in [-0.4, -0.2) is 59.2 Å². The number of aromatic nitrogens is 3. The van der Waals surface area contributed by atoms with E-state index in [1.54, 1.807) is 24.5 Å². The molecule has 0 aromatic carbocycles. The zero-order valence-corrected chi connectivity index (χ0v) is 19.7. The topological polar surface area (TPSA) is 99.0 Å². The molecule has 9 heteroatoms. The normalized spacial score (nSPS) is 15.7. The Labute approximate surface area is 205 Å². The van der Waals surface area contributed by atoms with Gasteiger partial charge in [0.15, 0.2) is 0 Å². The Bertz CT molecular complexity index is 1160. The summed E-state index contributed by atoms with van der Waals surface area (Å²) in [5.41, 5.74) is 3.57. The molecule has 0 radical (unpaired) electrons. The van der Waals surface area contributed by atoms with Gasteiger partial charge < -0.3 is 15.4 Å². The Morgan fingerprint density at radius 1 is 1.12 bits per heavy atom. The molecule has 0 amide bonds. The molecule has 8 nitrogen and oxygen atoms in total. The Morgan fingerprint density at radius 2 is 1.97 bits per heavy atom. The molecule has 34 heavy (non-hydrogen) atoms. The summed E-state index contributed by atoms with van der Waals surface area (Å²) in [6.45, 7) is 5.72. The molecule has 2 fully saturated rings. The first-order valence-corrected chi connectivity index (χ1v) is 11.4. The third-order valence-corrected chi connectivity index (χ3v) is 5.94. The molecule has 0 spiro atoms. The van der Waals surface area contributed by atoms with E-state index in [2.05, 4.69) is 43.7 Å². The van der Waals surface area contributed by atoms with Crippen molar-refractivity contribution in [1.82, 2.24) is 25.2 Å². The van der Waals surface area contributed by atoms with Crippen molar-refractivity contribution in [3.8, 4) is 23.1 Å². The maximum absolute atomic E-state index is 9.16. The molecule has 0 unspecified atom stereocenters. The zero-order chi connectivity index (χ0) is 22.5. The molecule has 1 aliphatic carbocycles. The summed E-state index contributed by atoms with van der Waals surface area (Å²) in [5, 5.41) is 15.8. The molecule has 0 atom stereocenters. The van der Waals surface area contributed by atoms with Crippen molar-refractivity contribution in [2.24, 2.45) is 0 Å². The molecule has 1 saturated carbocycles. The van der Waals surface area contributed by atoms with Gasteiger partial charge in [0.1, 0.15) is 24.0 Å². The van der Waals surface area contributed by atoms with Crippen molar-refractivity contribution >= 4 is 24.0 Å². The smallest absolute Gasteiger partial charge is 0.138 e. The summed E-state index contributed by atoms with van der Waals surface area (Å²) in [6, 6.07) is 11.8. The first-order chi connectivity index (χ1) is 16.3. The predicted octanol–water partition coefficient (Wildman–Crippen LogP) is 3.74. The van der Waals surface area contributed by atoms with E-state index in [9.17, 15) is 0 Å². The lowest BCUT2D eigenvalue weighted by atomic mass is 10.1. The molecule has 3 aromatic rings. The van der Waals surface area contributed by atoms with E-state index >= 15 is 0 Å². The van der Waals surface area contributed by atoms with Crippen molar-refractivity contribution < 1.29 is 4.74 Å². The van der Waals surface area contributed by atoms with E-state index in [1.807, 2.05) is 12.3 Å². The second-order valence-electron chi connectivity index (χ2n) is 8.46. The molecule has 4 heterocycles. The van der Waals surface area contributed by atoms with Gasteiger partial charge in [-0.1, -0.05) is 0 Å². The van der Waals surface area contributed by atoms with E-state index in [0.29, 0.717) is 29.7 Å². The molecular weight excluding hydrogens is 450 g/mol. The monoisotopic (exact) mass is 477 g/mol. The van der Waals surface area contributed by atoms with Crippen molar-refractivity contribution in [3.63, 3.8) is 0 Å². The van der Waals surface area contributed by atoms with Crippen LogP contribution in [0.3, 0.4) is 0 Å². The number of hydrogen-bond acceptors (Lipinski definition) is 8. The Kier molecular flexibility index (Phi) is 7.91. The van der Waals surface area contributed by atoms with Gasteiger partial charge in [-0.05, 0) is 54.7 Å². The Hall–Kier alpha value is -3.25. The number of hydrogen-bond donors (Lipinski definition) is 2. The van der Waals surface area contributed by atoms with Gasteiger partial charge in [-0.25, -0.2) is 9.97 Å². The largest absolute Gasteiger partial charge is 0.491 e. The van der Waals surface area contributed by atoms with Crippen LogP contribution < -0.4 is 15.4 Å². The quantitative estimate of drug-likeness (QED) is 0.506. The van der Waals surface area contributed by atoms with E-state index < -0.39 is 0 Å². The van der Waals surface area contributed by atoms with Crippen LogP contribution >= 0.6 is 12.4 Å². The highest BCUT2D eigenvalue weighted by Gasteiger charge is 2.25. The number of piperazine rings is 1. The molecule has 3 aromatic heterocycles. The average Bonchev–Trinajstić information content (AvgIpc) is 3.71. The highest BCUT2D eigenvalue weighted by atomic mass is 35.5. The number of ether oxygens (including phenoxy) is 1. The van der Waals surface area contributed by atoms with Gasteiger partial charge in [0.2, 0.25) is 0 Å². The summed E-state index contributed by atoms with van der Waals surface area (Å²) < 4.78 is 6.00. The SMILES string of the molecule is Cl.N#Cc1ccnc(Nc2cc(C3CC3)cc(-c3cncc(OCCN4CCNCC4)c3)n2)c1. The molecule has 2 N–H and O–H groups in total. The van der Waals surface area contributed by atoms with Crippen molar-refractivity contribution in [2.45, 2.75) is 18.8 Å². The highest BCUT2D eigenvalue weighted by Crippen LogP contribution is 2.42. The minimum absolute atomic E-state index is 0. The zero-order valence-electron chi connectivity index (χ0n) is 18.9. The van der Waals surface area contributed by atoms with Crippen LogP contribution in [0, 0.1) is 11.3 Å². The number of halogens is 1. The van der Waals surface area contributed by atoms with Gasteiger partial charge in [-0.3, -0.25) is 9.88 Å². The average molecular weight is 478 g/mol. The summed E-state index contributed by atoms with van der Waals surface area (Å²) in [5.74, 6) is 2.63. The third kappa shape index (κ3) is 6.20. The Balaban J connectivity index is 0.00000274. The fourth-order valence-corrected chi connectivity index (χ4v) is 3.98. The van der Waals surface area contributed by atoms with Crippen LogP contribution in [0.2, 0.25) is 0 Å². The van der Waals surface area contributed by atoms with Crippen molar-refractivity contribution in [2.75, 3.05) is 44.6 Å². The summed E-state index contributed by atoms with van der Waals surface area (Å²) in [4.78, 5) is 15.9. The van der Waals surface area contributed by atoms with Gasteiger partial charge in [0, 0.05) is 50.7 Å². The van der Waals surface area contributed by atoms with Crippen LogP contribution in [0.15, 0.2) is 48.9 Å².